The van der Waals surface area contributed by atoms with E-state index in [2.05, 4.69) is 20.1 Å². The zero-order chi connectivity index (χ0) is 21.2. The van der Waals surface area contributed by atoms with Gasteiger partial charge in [0.25, 0.3) is 5.91 Å². The summed E-state index contributed by atoms with van der Waals surface area (Å²) in [6.45, 7) is 2.75. The molecule has 1 N–H and O–H groups in total. The molecule has 0 radical (unpaired) electrons. The number of nitrogens with zero attached hydrogens (tertiary/aromatic N) is 4. The van der Waals surface area contributed by atoms with Gasteiger partial charge in [-0.15, -0.1) is 10.2 Å². The molecule has 156 valence electrons. The molecule has 1 aliphatic rings. The van der Waals surface area contributed by atoms with Crippen molar-refractivity contribution in [1.29, 1.82) is 0 Å². The van der Waals surface area contributed by atoms with Gasteiger partial charge in [-0.25, -0.2) is 0 Å². The standard InChI is InChI=1S/C24H23N5O2/c1-31-19-8-6-17(7-9-19)21-10-11-23(27-26-21)28-12-14-29(15-13-28)24(30)22-16-18-4-2-3-5-20(18)25-22/h2-11,16,25H,12-15H2,1H3. The van der Waals surface area contributed by atoms with Crippen LogP contribution < -0.4 is 9.64 Å². The van der Waals surface area contributed by atoms with Crippen LogP contribution in [0.5, 0.6) is 5.75 Å². The summed E-state index contributed by atoms with van der Waals surface area (Å²) in [5.41, 5.74) is 3.43. The van der Waals surface area contributed by atoms with Crippen molar-refractivity contribution in [1.82, 2.24) is 20.1 Å². The molecule has 0 saturated carbocycles. The van der Waals surface area contributed by atoms with Gasteiger partial charge in [0.1, 0.15) is 11.4 Å². The zero-order valence-electron chi connectivity index (χ0n) is 17.3. The van der Waals surface area contributed by atoms with Gasteiger partial charge in [-0.1, -0.05) is 18.2 Å². The molecule has 2 aromatic heterocycles. The number of aromatic nitrogens is 3. The van der Waals surface area contributed by atoms with E-state index in [0.29, 0.717) is 18.8 Å². The van der Waals surface area contributed by atoms with E-state index in [4.69, 9.17) is 4.74 Å². The van der Waals surface area contributed by atoms with Crippen molar-refractivity contribution >= 4 is 22.6 Å². The van der Waals surface area contributed by atoms with Gasteiger partial charge in [0, 0.05) is 42.6 Å². The van der Waals surface area contributed by atoms with E-state index in [0.717, 1.165) is 46.8 Å². The Labute approximate surface area is 180 Å². The molecule has 1 aliphatic heterocycles. The molecular formula is C24H23N5O2. The van der Waals surface area contributed by atoms with Gasteiger partial charge in [0.15, 0.2) is 5.82 Å². The highest BCUT2D eigenvalue weighted by atomic mass is 16.5. The van der Waals surface area contributed by atoms with Crippen LogP contribution in [0.2, 0.25) is 0 Å². The second-order valence-electron chi connectivity index (χ2n) is 7.55. The fourth-order valence-corrected chi connectivity index (χ4v) is 3.91. The monoisotopic (exact) mass is 413 g/mol. The third kappa shape index (κ3) is 3.82. The first kappa shape index (κ1) is 19.1. The number of anilines is 1. The van der Waals surface area contributed by atoms with E-state index in [-0.39, 0.29) is 5.91 Å². The summed E-state index contributed by atoms with van der Waals surface area (Å²) in [5, 5.41) is 9.85. The number of carbonyl (C=O) groups is 1. The molecular weight excluding hydrogens is 390 g/mol. The molecule has 7 nitrogen and oxygen atoms in total. The van der Waals surface area contributed by atoms with Crippen LogP contribution >= 0.6 is 0 Å². The van der Waals surface area contributed by atoms with E-state index in [1.165, 1.54) is 0 Å². The number of rotatable bonds is 4. The zero-order valence-corrected chi connectivity index (χ0v) is 17.3. The Bertz CT molecular complexity index is 1160. The predicted octanol–water partition coefficient (Wildman–Crippen LogP) is 3.60. The van der Waals surface area contributed by atoms with Gasteiger partial charge in [0.05, 0.1) is 12.8 Å². The second kappa shape index (κ2) is 8.10. The van der Waals surface area contributed by atoms with E-state index >= 15 is 0 Å². The van der Waals surface area contributed by atoms with Crippen molar-refractivity contribution in [2.24, 2.45) is 0 Å². The summed E-state index contributed by atoms with van der Waals surface area (Å²) in [6, 6.07) is 21.6. The molecule has 1 fully saturated rings. The molecule has 3 heterocycles. The summed E-state index contributed by atoms with van der Waals surface area (Å²) in [7, 11) is 1.65. The molecule has 0 aliphatic carbocycles. The minimum absolute atomic E-state index is 0.0387. The van der Waals surface area contributed by atoms with Gasteiger partial charge in [-0.2, -0.15) is 0 Å². The van der Waals surface area contributed by atoms with Gasteiger partial charge in [0.2, 0.25) is 0 Å². The lowest BCUT2D eigenvalue weighted by molar-refractivity contribution is 0.0741. The topological polar surface area (TPSA) is 74.3 Å². The highest BCUT2D eigenvalue weighted by Crippen LogP contribution is 2.22. The van der Waals surface area contributed by atoms with Crippen LogP contribution in [0.25, 0.3) is 22.2 Å². The number of para-hydroxylation sites is 1. The first-order chi connectivity index (χ1) is 15.2. The molecule has 5 rings (SSSR count). The summed E-state index contributed by atoms with van der Waals surface area (Å²) >= 11 is 0. The number of ether oxygens (including phenoxy) is 1. The molecule has 0 bridgehead atoms. The number of carbonyl (C=O) groups excluding carboxylic acids is 1. The quantitative estimate of drug-likeness (QED) is 0.553. The van der Waals surface area contributed by atoms with E-state index in [1.807, 2.05) is 71.6 Å². The molecule has 1 saturated heterocycles. The first-order valence-electron chi connectivity index (χ1n) is 10.3. The number of fused-ring (bicyclic) bond motifs is 1. The fraction of sp³-hybridized carbons (Fsp3) is 0.208. The number of amides is 1. The number of piperazine rings is 1. The molecule has 1 amide bonds. The van der Waals surface area contributed by atoms with Crippen molar-refractivity contribution in [2.75, 3.05) is 38.2 Å². The first-order valence-corrected chi connectivity index (χ1v) is 10.3. The summed E-state index contributed by atoms with van der Waals surface area (Å²) in [4.78, 5) is 20.2. The summed E-state index contributed by atoms with van der Waals surface area (Å²) in [6.07, 6.45) is 0. The van der Waals surface area contributed by atoms with Crippen molar-refractivity contribution < 1.29 is 9.53 Å². The lowest BCUT2D eigenvalue weighted by Crippen LogP contribution is -2.49. The fourth-order valence-electron chi connectivity index (χ4n) is 3.91. The average molecular weight is 413 g/mol. The van der Waals surface area contributed by atoms with Crippen LogP contribution in [0.15, 0.2) is 66.7 Å². The van der Waals surface area contributed by atoms with Crippen LogP contribution in [0.4, 0.5) is 5.82 Å². The van der Waals surface area contributed by atoms with Crippen LogP contribution in [-0.4, -0.2) is 59.3 Å². The Morgan fingerprint density at radius 1 is 0.935 bits per heavy atom. The minimum atomic E-state index is 0.0387. The number of H-pyrrole nitrogens is 1. The normalized spacial score (nSPS) is 14.1. The van der Waals surface area contributed by atoms with Crippen LogP contribution in [0.3, 0.4) is 0 Å². The maximum absolute atomic E-state index is 12.9. The van der Waals surface area contributed by atoms with Crippen molar-refractivity contribution in [2.45, 2.75) is 0 Å². The summed E-state index contributed by atoms with van der Waals surface area (Å²) < 4.78 is 5.20. The maximum atomic E-state index is 12.9. The second-order valence-corrected chi connectivity index (χ2v) is 7.55. The number of hydrogen-bond acceptors (Lipinski definition) is 5. The molecule has 0 unspecified atom stereocenters. The largest absolute Gasteiger partial charge is 0.497 e. The van der Waals surface area contributed by atoms with E-state index in [9.17, 15) is 4.79 Å². The van der Waals surface area contributed by atoms with Gasteiger partial charge < -0.3 is 19.5 Å². The van der Waals surface area contributed by atoms with E-state index in [1.54, 1.807) is 7.11 Å². The predicted molar refractivity (Wildman–Crippen MR) is 120 cm³/mol. The highest BCUT2D eigenvalue weighted by Gasteiger charge is 2.24. The highest BCUT2D eigenvalue weighted by molar-refractivity contribution is 5.98. The van der Waals surface area contributed by atoms with Crippen molar-refractivity contribution in [3.8, 4) is 17.0 Å². The molecule has 31 heavy (non-hydrogen) atoms. The number of methoxy groups -OCH3 is 1. The molecule has 2 aromatic carbocycles. The molecule has 0 atom stereocenters. The van der Waals surface area contributed by atoms with Gasteiger partial charge in [-0.05, 0) is 48.5 Å². The number of hydrogen-bond donors (Lipinski definition) is 1. The number of nitrogens with one attached hydrogen (secondary N) is 1. The van der Waals surface area contributed by atoms with Gasteiger partial charge in [-0.3, -0.25) is 4.79 Å². The van der Waals surface area contributed by atoms with Crippen LogP contribution in [-0.2, 0) is 0 Å². The summed E-state index contributed by atoms with van der Waals surface area (Å²) in [5.74, 6) is 1.68. The van der Waals surface area contributed by atoms with Crippen molar-refractivity contribution in [3.05, 3.63) is 72.4 Å². The number of aromatic amines is 1. The lowest BCUT2D eigenvalue weighted by atomic mass is 10.1. The average Bonchev–Trinajstić information content (AvgIpc) is 3.28. The van der Waals surface area contributed by atoms with Crippen LogP contribution in [0, 0.1) is 0 Å². The SMILES string of the molecule is COc1ccc(-c2ccc(N3CCN(C(=O)c4cc5ccccc5[nH]4)CC3)nn2)cc1. The Kier molecular flexibility index (Phi) is 5.00. The smallest absolute Gasteiger partial charge is 0.270 e. The van der Waals surface area contributed by atoms with Crippen molar-refractivity contribution in [3.63, 3.8) is 0 Å². The molecule has 7 heteroatoms. The van der Waals surface area contributed by atoms with Gasteiger partial charge >= 0.3 is 0 Å². The molecule has 0 spiro atoms. The third-order valence-electron chi connectivity index (χ3n) is 5.69. The Morgan fingerprint density at radius 3 is 2.39 bits per heavy atom. The third-order valence-corrected chi connectivity index (χ3v) is 5.69. The Hall–Kier alpha value is -3.87. The van der Waals surface area contributed by atoms with E-state index < -0.39 is 0 Å². The minimum Gasteiger partial charge on any atom is -0.497 e. The Balaban J connectivity index is 1.23. The molecule has 4 aromatic rings. The van der Waals surface area contributed by atoms with Crippen LogP contribution in [0.1, 0.15) is 10.5 Å². The number of benzene rings is 2. The Morgan fingerprint density at radius 2 is 1.71 bits per heavy atom. The maximum Gasteiger partial charge on any atom is 0.270 e. The lowest BCUT2D eigenvalue weighted by Gasteiger charge is -2.35.